The van der Waals surface area contributed by atoms with Crippen molar-refractivity contribution in [3.05, 3.63) is 23.9 Å². The van der Waals surface area contributed by atoms with Crippen LogP contribution < -0.4 is 10.6 Å². The molecular formula is C13H23N3. The molecule has 90 valence electrons. The van der Waals surface area contributed by atoms with E-state index in [1.54, 1.807) is 0 Å². The second-order valence-electron chi connectivity index (χ2n) is 4.82. The Morgan fingerprint density at radius 2 is 2.00 bits per heavy atom. The average Bonchev–Trinajstić information content (AvgIpc) is 2.24. The van der Waals surface area contributed by atoms with Gasteiger partial charge in [0.15, 0.2) is 0 Å². The molecule has 3 nitrogen and oxygen atoms in total. The van der Waals surface area contributed by atoms with Crippen molar-refractivity contribution in [2.45, 2.75) is 40.3 Å². The quantitative estimate of drug-likeness (QED) is 0.775. The third-order valence-electron chi connectivity index (χ3n) is 2.27. The van der Waals surface area contributed by atoms with Crippen LogP contribution in [0.5, 0.6) is 0 Å². The number of hydrogen-bond donors (Lipinski definition) is 2. The molecular weight excluding hydrogens is 198 g/mol. The molecule has 0 unspecified atom stereocenters. The van der Waals surface area contributed by atoms with E-state index in [0.29, 0.717) is 12.0 Å². The third-order valence-corrected chi connectivity index (χ3v) is 2.27. The molecule has 1 aromatic rings. The summed E-state index contributed by atoms with van der Waals surface area (Å²) in [6.45, 7) is 10.5. The smallest absolute Gasteiger partial charge is 0.130 e. The van der Waals surface area contributed by atoms with Crippen molar-refractivity contribution in [3.63, 3.8) is 0 Å². The predicted molar refractivity (Wildman–Crippen MR) is 69.5 cm³/mol. The summed E-state index contributed by atoms with van der Waals surface area (Å²) in [5.74, 6) is 1.64. The topological polar surface area (TPSA) is 37.0 Å². The first-order chi connectivity index (χ1) is 7.59. The van der Waals surface area contributed by atoms with Crippen molar-refractivity contribution in [2.24, 2.45) is 5.92 Å². The zero-order chi connectivity index (χ0) is 12.0. The van der Waals surface area contributed by atoms with Crippen molar-refractivity contribution in [1.29, 1.82) is 0 Å². The molecule has 0 saturated heterocycles. The van der Waals surface area contributed by atoms with Gasteiger partial charge < -0.3 is 10.6 Å². The van der Waals surface area contributed by atoms with E-state index in [2.05, 4.69) is 49.4 Å². The first-order valence-electron chi connectivity index (χ1n) is 6.00. The highest BCUT2D eigenvalue weighted by Gasteiger charge is 2.04. The fourth-order valence-corrected chi connectivity index (χ4v) is 1.36. The van der Waals surface area contributed by atoms with Crippen LogP contribution in [0.15, 0.2) is 18.3 Å². The normalized spacial score (nSPS) is 11.1. The highest BCUT2D eigenvalue weighted by Crippen LogP contribution is 2.11. The molecule has 1 aromatic heterocycles. The summed E-state index contributed by atoms with van der Waals surface area (Å²) in [6.07, 6.45) is 1.83. The maximum Gasteiger partial charge on any atom is 0.130 e. The molecule has 1 heterocycles. The SMILES string of the molecule is CC(C)CNc1ncccc1CNC(C)C. The molecule has 0 aliphatic rings. The van der Waals surface area contributed by atoms with Gasteiger partial charge in [-0.2, -0.15) is 0 Å². The highest BCUT2D eigenvalue weighted by molar-refractivity contribution is 5.43. The molecule has 0 amide bonds. The zero-order valence-corrected chi connectivity index (χ0v) is 10.7. The zero-order valence-electron chi connectivity index (χ0n) is 10.7. The number of nitrogens with zero attached hydrogens (tertiary/aromatic N) is 1. The molecule has 0 atom stereocenters. The third kappa shape index (κ3) is 4.62. The van der Waals surface area contributed by atoms with Crippen LogP contribution in [0.25, 0.3) is 0 Å². The molecule has 2 N–H and O–H groups in total. The van der Waals surface area contributed by atoms with E-state index >= 15 is 0 Å². The Morgan fingerprint density at radius 3 is 2.62 bits per heavy atom. The molecule has 1 rings (SSSR count). The van der Waals surface area contributed by atoms with Crippen molar-refractivity contribution in [3.8, 4) is 0 Å². The lowest BCUT2D eigenvalue weighted by Gasteiger charge is -2.14. The van der Waals surface area contributed by atoms with Crippen LogP contribution in [0.3, 0.4) is 0 Å². The van der Waals surface area contributed by atoms with E-state index < -0.39 is 0 Å². The largest absolute Gasteiger partial charge is 0.370 e. The summed E-state index contributed by atoms with van der Waals surface area (Å²) >= 11 is 0. The number of nitrogens with one attached hydrogen (secondary N) is 2. The first-order valence-corrected chi connectivity index (χ1v) is 6.00. The van der Waals surface area contributed by atoms with Crippen LogP contribution in [-0.4, -0.2) is 17.6 Å². The van der Waals surface area contributed by atoms with Crippen LogP contribution in [0.1, 0.15) is 33.3 Å². The van der Waals surface area contributed by atoms with Gasteiger partial charge >= 0.3 is 0 Å². The number of hydrogen-bond acceptors (Lipinski definition) is 3. The van der Waals surface area contributed by atoms with E-state index in [4.69, 9.17) is 0 Å². The second kappa shape index (κ2) is 6.48. The van der Waals surface area contributed by atoms with Crippen LogP contribution in [-0.2, 0) is 6.54 Å². The van der Waals surface area contributed by atoms with Gasteiger partial charge in [-0.3, -0.25) is 0 Å². The standard InChI is InChI=1S/C13H23N3/c1-10(2)8-16-13-12(6-5-7-14-13)9-15-11(3)4/h5-7,10-11,15H,8-9H2,1-4H3,(H,14,16). The van der Waals surface area contributed by atoms with Gasteiger partial charge in [0.1, 0.15) is 5.82 Å². The molecule has 16 heavy (non-hydrogen) atoms. The number of rotatable bonds is 6. The Labute approximate surface area is 98.7 Å². The second-order valence-corrected chi connectivity index (χ2v) is 4.82. The lowest BCUT2D eigenvalue weighted by atomic mass is 10.2. The molecule has 0 aliphatic heterocycles. The number of anilines is 1. The van der Waals surface area contributed by atoms with Gasteiger partial charge in [-0.1, -0.05) is 33.8 Å². The molecule has 0 radical (unpaired) electrons. The van der Waals surface area contributed by atoms with Gasteiger partial charge in [-0.25, -0.2) is 4.98 Å². The Bertz CT molecular complexity index is 277. The molecule has 0 fully saturated rings. The van der Waals surface area contributed by atoms with Gasteiger partial charge in [-0.15, -0.1) is 0 Å². The van der Waals surface area contributed by atoms with Crippen LogP contribution >= 0.6 is 0 Å². The van der Waals surface area contributed by atoms with Crippen LogP contribution in [0.2, 0.25) is 0 Å². The van der Waals surface area contributed by atoms with Gasteiger partial charge in [-0.05, 0) is 12.0 Å². The molecule has 0 bridgehead atoms. The van der Waals surface area contributed by atoms with Crippen LogP contribution in [0, 0.1) is 5.92 Å². The Morgan fingerprint density at radius 1 is 1.25 bits per heavy atom. The lowest BCUT2D eigenvalue weighted by molar-refractivity contribution is 0.588. The van der Waals surface area contributed by atoms with Crippen LogP contribution in [0.4, 0.5) is 5.82 Å². The average molecular weight is 221 g/mol. The van der Waals surface area contributed by atoms with Crippen molar-refractivity contribution >= 4 is 5.82 Å². The summed E-state index contributed by atoms with van der Waals surface area (Å²) in [7, 11) is 0. The van der Waals surface area contributed by atoms with E-state index in [1.165, 1.54) is 5.56 Å². The molecule has 0 saturated carbocycles. The summed E-state index contributed by atoms with van der Waals surface area (Å²) in [5.41, 5.74) is 1.23. The summed E-state index contributed by atoms with van der Waals surface area (Å²) in [4.78, 5) is 4.38. The summed E-state index contributed by atoms with van der Waals surface area (Å²) in [6, 6.07) is 4.60. The van der Waals surface area contributed by atoms with Gasteiger partial charge in [0.05, 0.1) is 0 Å². The van der Waals surface area contributed by atoms with E-state index in [9.17, 15) is 0 Å². The Kier molecular flexibility index (Phi) is 5.26. The Hall–Kier alpha value is -1.09. The van der Waals surface area contributed by atoms with Crippen molar-refractivity contribution in [1.82, 2.24) is 10.3 Å². The minimum atomic E-state index is 0.498. The maximum atomic E-state index is 4.38. The van der Waals surface area contributed by atoms with Crippen molar-refractivity contribution < 1.29 is 0 Å². The molecule has 0 aromatic carbocycles. The van der Waals surface area contributed by atoms with Gasteiger partial charge in [0.2, 0.25) is 0 Å². The molecule has 0 spiro atoms. The van der Waals surface area contributed by atoms with Gasteiger partial charge in [0, 0.05) is 30.9 Å². The Balaban J connectivity index is 2.60. The fourth-order valence-electron chi connectivity index (χ4n) is 1.36. The highest BCUT2D eigenvalue weighted by atomic mass is 15.0. The maximum absolute atomic E-state index is 4.38. The lowest BCUT2D eigenvalue weighted by Crippen LogP contribution is -2.23. The number of aromatic nitrogens is 1. The first kappa shape index (κ1) is 13.0. The summed E-state index contributed by atoms with van der Waals surface area (Å²) in [5, 5.41) is 6.80. The monoisotopic (exact) mass is 221 g/mol. The minimum Gasteiger partial charge on any atom is -0.370 e. The van der Waals surface area contributed by atoms with E-state index in [1.807, 2.05) is 12.3 Å². The molecule has 3 heteroatoms. The number of pyridine rings is 1. The van der Waals surface area contributed by atoms with Gasteiger partial charge in [0.25, 0.3) is 0 Å². The van der Waals surface area contributed by atoms with Crippen molar-refractivity contribution in [2.75, 3.05) is 11.9 Å². The molecule has 0 aliphatic carbocycles. The van der Waals surface area contributed by atoms with E-state index in [0.717, 1.165) is 18.9 Å². The minimum absolute atomic E-state index is 0.498. The van der Waals surface area contributed by atoms with E-state index in [-0.39, 0.29) is 0 Å². The predicted octanol–water partition coefficient (Wildman–Crippen LogP) is 2.65. The fraction of sp³-hybridized carbons (Fsp3) is 0.615. The summed E-state index contributed by atoms with van der Waals surface area (Å²) < 4.78 is 0.